The number of halogens is 2. The lowest BCUT2D eigenvalue weighted by atomic mass is 9.86. The Hall–Kier alpha value is -3.80. The maximum Gasteiger partial charge on any atom is 0.274 e. The Labute approximate surface area is 180 Å². The van der Waals surface area contributed by atoms with E-state index in [2.05, 4.69) is 30.7 Å². The lowest BCUT2D eigenvalue weighted by Crippen LogP contribution is -2.52. The molecule has 1 aromatic carbocycles. The van der Waals surface area contributed by atoms with E-state index in [9.17, 15) is 18.7 Å². The number of nitrogens with one attached hydrogen (secondary N) is 1. The number of aliphatic hydroxyl groups is 1. The van der Waals surface area contributed by atoms with E-state index in [-0.39, 0.29) is 17.8 Å². The van der Waals surface area contributed by atoms with Crippen LogP contribution in [0.3, 0.4) is 0 Å². The molecule has 3 aromatic heterocycles. The molecule has 10 nitrogen and oxygen atoms in total. The predicted octanol–water partition coefficient (Wildman–Crippen LogP) is 1.32. The van der Waals surface area contributed by atoms with Crippen molar-refractivity contribution in [1.82, 2.24) is 39.9 Å². The number of amides is 1. The van der Waals surface area contributed by atoms with Gasteiger partial charge in [-0.1, -0.05) is 6.07 Å². The summed E-state index contributed by atoms with van der Waals surface area (Å²) < 4.78 is 30.9. The van der Waals surface area contributed by atoms with E-state index in [0.717, 1.165) is 12.1 Å². The van der Waals surface area contributed by atoms with Crippen molar-refractivity contribution in [3.05, 3.63) is 71.2 Å². The maximum atomic E-state index is 14.6. The number of nitrogens with zero attached hydrogens (tertiary/aromatic N) is 7. The molecule has 0 spiro atoms. The summed E-state index contributed by atoms with van der Waals surface area (Å²) in [6.45, 7) is 4.70. The first kappa shape index (κ1) is 21.4. The molecule has 0 saturated carbocycles. The van der Waals surface area contributed by atoms with Gasteiger partial charge in [0.15, 0.2) is 11.3 Å². The second kappa shape index (κ2) is 8.04. The molecular formula is C20H20F2N8O2. The van der Waals surface area contributed by atoms with Crippen LogP contribution >= 0.6 is 0 Å². The number of hydrogen-bond donors (Lipinski definition) is 2. The third-order valence-electron chi connectivity index (χ3n) is 5.27. The first-order valence-corrected chi connectivity index (χ1v) is 9.70. The van der Waals surface area contributed by atoms with Crippen molar-refractivity contribution < 1.29 is 18.7 Å². The molecule has 0 unspecified atom stereocenters. The highest BCUT2D eigenvalue weighted by atomic mass is 19.1. The smallest absolute Gasteiger partial charge is 0.274 e. The number of rotatable bonds is 6. The second-order valence-electron chi connectivity index (χ2n) is 7.53. The summed E-state index contributed by atoms with van der Waals surface area (Å²) >= 11 is 0. The monoisotopic (exact) mass is 442 g/mol. The summed E-state index contributed by atoms with van der Waals surface area (Å²) in [6.07, 6.45) is 2.59. The van der Waals surface area contributed by atoms with Crippen molar-refractivity contribution in [3.63, 3.8) is 0 Å². The lowest BCUT2D eigenvalue weighted by Gasteiger charge is -2.35. The second-order valence-corrected chi connectivity index (χ2v) is 7.53. The highest BCUT2D eigenvalue weighted by Gasteiger charge is 2.40. The van der Waals surface area contributed by atoms with E-state index in [1.807, 2.05) is 0 Å². The van der Waals surface area contributed by atoms with Gasteiger partial charge in [0.2, 0.25) is 0 Å². The van der Waals surface area contributed by atoms with Crippen molar-refractivity contribution in [2.45, 2.75) is 39.0 Å². The standard InChI is InChI=1S/C20H20F2N8O2/c1-11-6-17-26-27-18(12(2)30(17)28-11)19(31)25-13(3)20(32,8-29-10-23-9-24-29)15-5-4-14(21)7-16(15)22/h4-7,9-10,13,32H,8H2,1-3H3,(H,25,31)/t13-,20-/m1/s1. The maximum absolute atomic E-state index is 14.6. The zero-order valence-electron chi connectivity index (χ0n) is 17.5. The highest BCUT2D eigenvalue weighted by Crippen LogP contribution is 2.30. The molecule has 4 rings (SSSR count). The van der Waals surface area contributed by atoms with Gasteiger partial charge in [-0.3, -0.25) is 4.79 Å². The quantitative estimate of drug-likeness (QED) is 0.462. The molecular weight excluding hydrogens is 422 g/mol. The molecule has 0 aliphatic rings. The summed E-state index contributed by atoms with van der Waals surface area (Å²) in [7, 11) is 0. The van der Waals surface area contributed by atoms with E-state index in [4.69, 9.17) is 0 Å². The molecule has 0 fully saturated rings. The van der Waals surface area contributed by atoms with Gasteiger partial charge in [-0.25, -0.2) is 23.0 Å². The van der Waals surface area contributed by atoms with Crippen LogP contribution in [-0.4, -0.2) is 51.6 Å². The highest BCUT2D eigenvalue weighted by molar-refractivity contribution is 5.93. The molecule has 4 aromatic rings. The van der Waals surface area contributed by atoms with Gasteiger partial charge in [0, 0.05) is 17.7 Å². The molecule has 166 valence electrons. The Kier molecular flexibility index (Phi) is 5.38. The zero-order valence-corrected chi connectivity index (χ0v) is 17.5. The minimum Gasteiger partial charge on any atom is -0.381 e. The average Bonchev–Trinajstić information content (AvgIpc) is 3.37. The van der Waals surface area contributed by atoms with Gasteiger partial charge in [-0.15, -0.1) is 10.2 Å². The van der Waals surface area contributed by atoms with Gasteiger partial charge in [-0.2, -0.15) is 10.2 Å². The van der Waals surface area contributed by atoms with Crippen LogP contribution in [0.4, 0.5) is 8.78 Å². The molecule has 0 aliphatic heterocycles. The zero-order chi connectivity index (χ0) is 23.0. The Morgan fingerprint density at radius 3 is 2.72 bits per heavy atom. The first-order chi connectivity index (χ1) is 15.2. The molecule has 0 bridgehead atoms. The molecule has 1 amide bonds. The van der Waals surface area contributed by atoms with Crippen molar-refractivity contribution in [3.8, 4) is 0 Å². The van der Waals surface area contributed by atoms with Crippen LogP contribution < -0.4 is 5.32 Å². The molecule has 0 aliphatic carbocycles. The van der Waals surface area contributed by atoms with Gasteiger partial charge < -0.3 is 10.4 Å². The molecule has 2 atom stereocenters. The Balaban J connectivity index is 1.69. The van der Waals surface area contributed by atoms with Crippen LogP contribution in [0.25, 0.3) is 5.65 Å². The first-order valence-electron chi connectivity index (χ1n) is 9.70. The van der Waals surface area contributed by atoms with Crippen LogP contribution in [0.1, 0.15) is 34.4 Å². The Morgan fingerprint density at radius 1 is 1.25 bits per heavy atom. The molecule has 2 N–H and O–H groups in total. The number of carbonyl (C=O) groups is 1. The molecule has 32 heavy (non-hydrogen) atoms. The number of benzene rings is 1. The predicted molar refractivity (Wildman–Crippen MR) is 107 cm³/mol. The number of fused-ring (bicyclic) bond motifs is 1. The van der Waals surface area contributed by atoms with Gasteiger partial charge in [0.25, 0.3) is 5.91 Å². The number of aromatic nitrogens is 7. The van der Waals surface area contributed by atoms with E-state index in [0.29, 0.717) is 23.1 Å². The van der Waals surface area contributed by atoms with Gasteiger partial charge >= 0.3 is 0 Å². The fraction of sp³-hybridized carbons (Fsp3) is 0.300. The van der Waals surface area contributed by atoms with Crippen LogP contribution in [0.15, 0.2) is 36.9 Å². The topological polar surface area (TPSA) is 123 Å². The summed E-state index contributed by atoms with van der Waals surface area (Å²) in [4.78, 5) is 16.8. The Morgan fingerprint density at radius 2 is 2.03 bits per heavy atom. The average molecular weight is 442 g/mol. The third kappa shape index (κ3) is 3.80. The third-order valence-corrected chi connectivity index (χ3v) is 5.27. The fourth-order valence-electron chi connectivity index (χ4n) is 3.53. The number of aryl methyl sites for hydroxylation is 2. The minimum atomic E-state index is -1.99. The van der Waals surface area contributed by atoms with Gasteiger partial charge in [-0.05, 0) is 26.8 Å². The van der Waals surface area contributed by atoms with E-state index in [1.54, 1.807) is 19.9 Å². The van der Waals surface area contributed by atoms with E-state index >= 15 is 0 Å². The Bertz CT molecular complexity index is 1290. The summed E-state index contributed by atoms with van der Waals surface area (Å²) in [6, 6.07) is 3.50. The van der Waals surface area contributed by atoms with Crippen LogP contribution in [0.2, 0.25) is 0 Å². The minimum absolute atomic E-state index is 0.00451. The van der Waals surface area contributed by atoms with Crippen LogP contribution in [0.5, 0.6) is 0 Å². The normalized spacial score (nSPS) is 14.3. The van der Waals surface area contributed by atoms with Crippen molar-refractivity contribution >= 4 is 11.6 Å². The van der Waals surface area contributed by atoms with Gasteiger partial charge in [0.1, 0.15) is 29.9 Å². The largest absolute Gasteiger partial charge is 0.381 e. The molecule has 0 radical (unpaired) electrons. The van der Waals surface area contributed by atoms with Crippen LogP contribution in [-0.2, 0) is 12.1 Å². The number of hydrogen-bond acceptors (Lipinski definition) is 7. The summed E-state index contributed by atoms with van der Waals surface area (Å²) in [5.41, 5.74) is -0.559. The van der Waals surface area contributed by atoms with Crippen LogP contribution in [0, 0.1) is 25.5 Å². The van der Waals surface area contributed by atoms with E-state index < -0.39 is 29.2 Å². The van der Waals surface area contributed by atoms with Crippen molar-refractivity contribution in [2.75, 3.05) is 0 Å². The molecule has 0 saturated heterocycles. The van der Waals surface area contributed by atoms with E-state index in [1.165, 1.54) is 28.8 Å². The lowest BCUT2D eigenvalue weighted by molar-refractivity contribution is -0.0186. The van der Waals surface area contributed by atoms with Gasteiger partial charge in [0.05, 0.1) is 24.0 Å². The summed E-state index contributed by atoms with van der Waals surface area (Å²) in [5, 5.41) is 30.4. The van der Waals surface area contributed by atoms with Crippen molar-refractivity contribution in [2.24, 2.45) is 0 Å². The number of carbonyl (C=O) groups excluding carboxylic acids is 1. The molecule has 12 heteroatoms. The fourth-order valence-corrected chi connectivity index (χ4v) is 3.53. The molecule has 3 heterocycles. The summed E-state index contributed by atoms with van der Waals surface area (Å²) in [5.74, 6) is -2.39. The SMILES string of the molecule is Cc1cc2nnc(C(=O)N[C@H](C)[C@](O)(Cn3cncn3)c3ccc(F)cc3F)c(C)n2n1. The van der Waals surface area contributed by atoms with Crippen molar-refractivity contribution in [1.29, 1.82) is 0 Å².